The summed E-state index contributed by atoms with van der Waals surface area (Å²) in [4.78, 5) is 0. The molecule has 0 saturated carbocycles. The fourth-order valence-electron chi connectivity index (χ4n) is 0.745. The van der Waals surface area contributed by atoms with Gasteiger partial charge in [-0.25, -0.2) is 0 Å². The van der Waals surface area contributed by atoms with Gasteiger partial charge in [0.15, 0.2) is 0 Å². The van der Waals surface area contributed by atoms with Crippen molar-refractivity contribution in [3.05, 3.63) is 21.9 Å². The van der Waals surface area contributed by atoms with Crippen LogP contribution in [0, 0.1) is 6.92 Å². The van der Waals surface area contributed by atoms with E-state index >= 15 is 0 Å². The largest absolute Gasteiger partial charge is 0.152 e. The lowest BCUT2D eigenvalue weighted by atomic mass is 10.2. The lowest BCUT2D eigenvalue weighted by molar-refractivity contribution is 1.16. The van der Waals surface area contributed by atoms with Crippen LogP contribution in [0.25, 0.3) is 0 Å². The predicted molar refractivity (Wildman–Crippen MR) is 46.6 cm³/mol. The highest BCUT2D eigenvalue weighted by Crippen LogP contribution is 2.14. The highest BCUT2D eigenvalue weighted by molar-refractivity contribution is 9.09. The molecule has 0 amide bonds. The van der Waals surface area contributed by atoms with Crippen LogP contribution in [0.1, 0.15) is 11.1 Å². The summed E-state index contributed by atoms with van der Waals surface area (Å²) in [6.45, 7) is 2.16. The lowest BCUT2D eigenvalue weighted by Gasteiger charge is -1.91. The highest BCUT2D eigenvalue weighted by Gasteiger charge is 1.95. The molecule has 0 saturated heterocycles. The summed E-state index contributed by atoms with van der Waals surface area (Å²) in [5.41, 5.74) is 2.91. The molecule has 0 aliphatic heterocycles. The summed E-state index contributed by atoms with van der Waals surface area (Å²) in [5, 5.41) is 5.49. The average molecular weight is 205 g/mol. The van der Waals surface area contributed by atoms with Gasteiger partial charge in [0.2, 0.25) is 0 Å². The molecule has 0 nitrogen and oxygen atoms in total. The van der Waals surface area contributed by atoms with E-state index in [0.29, 0.717) is 0 Å². The molecule has 0 aliphatic rings. The maximum absolute atomic E-state index is 3.41. The Labute approximate surface area is 68.0 Å². The smallest absolute Gasteiger partial charge is 0.00722 e. The molecule has 0 bridgehead atoms. The topological polar surface area (TPSA) is 0 Å². The zero-order chi connectivity index (χ0) is 6.69. The first-order chi connectivity index (χ1) is 4.34. The molecule has 0 radical (unpaired) electrons. The van der Waals surface area contributed by atoms with Crippen molar-refractivity contribution in [2.75, 3.05) is 5.33 Å². The Kier molecular flexibility index (Phi) is 2.73. The minimum atomic E-state index is 1.07. The van der Waals surface area contributed by atoms with Gasteiger partial charge in [-0.15, -0.1) is 0 Å². The van der Waals surface area contributed by atoms with Gasteiger partial charge in [-0.2, -0.15) is 11.3 Å². The van der Waals surface area contributed by atoms with E-state index in [2.05, 4.69) is 33.6 Å². The molecule has 0 aliphatic carbocycles. The van der Waals surface area contributed by atoms with Crippen molar-refractivity contribution in [2.45, 2.75) is 13.3 Å². The van der Waals surface area contributed by atoms with Crippen LogP contribution in [-0.4, -0.2) is 5.33 Å². The first-order valence-electron chi connectivity index (χ1n) is 2.92. The summed E-state index contributed by atoms with van der Waals surface area (Å²) in [6, 6.07) is 0. The van der Waals surface area contributed by atoms with Gasteiger partial charge < -0.3 is 0 Å². The van der Waals surface area contributed by atoms with Crippen LogP contribution in [0.4, 0.5) is 0 Å². The van der Waals surface area contributed by atoms with E-state index in [-0.39, 0.29) is 0 Å². The van der Waals surface area contributed by atoms with Gasteiger partial charge in [-0.1, -0.05) is 15.9 Å². The minimum absolute atomic E-state index is 1.07. The summed E-state index contributed by atoms with van der Waals surface area (Å²) in [7, 11) is 0. The Morgan fingerprint density at radius 1 is 1.56 bits per heavy atom. The first kappa shape index (κ1) is 7.29. The Bertz CT molecular complexity index is 181. The molecular weight excluding hydrogens is 196 g/mol. The lowest BCUT2D eigenvalue weighted by Crippen LogP contribution is -1.83. The van der Waals surface area contributed by atoms with Gasteiger partial charge >= 0.3 is 0 Å². The maximum atomic E-state index is 3.41. The quantitative estimate of drug-likeness (QED) is 0.651. The second kappa shape index (κ2) is 3.37. The fourth-order valence-corrected chi connectivity index (χ4v) is 2.06. The van der Waals surface area contributed by atoms with E-state index < -0.39 is 0 Å². The van der Waals surface area contributed by atoms with Crippen LogP contribution in [0.15, 0.2) is 10.8 Å². The predicted octanol–water partition coefficient (Wildman–Crippen LogP) is 2.99. The van der Waals surface area contributed by atoms with Crippen molar-refractivity contribution in [1.82, 2.24) is 0 Å². The van der Waals surface area contributed by atoms with Crippen LogP contribution in [-0.2, 0) is 6.42 Å². The molecular formula is C7H9BrS. The Morgan fingerprint density at radius 2 is 2.33 bits per heavy atom. The molecule has 0 fully saturated rings. The number of alkyl halides is 1. The number of aryl methyl sites for hydroxylation is 2. The number of halogens is 1. The second-order valence-electron chi connectivity index (χ2n) is 2.02. The minimum Gasteiger partial charge on any atom is -0.152 e. The molecule has 1 aromatic rings. The van der Waals surface area contributed by atoms with Crippen LogP contribution in [0.5, 0.6) is 0 Å². The Hall–Kier alpha value is 0.180. The fraction of sp³-hybridized carbons (Fsp3) is 0.429. The second-order valence-corrected chi connectivity index (χ2v) is 3.56. The molecule has 1 aromatic heterocycles. The number of hydrogen-bond donors (Lipinski definition) is 0. The molecule has 50 valence electrons. The molecule has 1 heterocycles. The third-order valence-electron chi connectivity index (χ3n) is 1.33. The molecule has 0 atom stereocenters. The van der Waals surface area contributed by atoms with Crippen molar-refractivity contribution in [3.8, 4) is 0 Å². The van der Waals surface area contributed by atoms with Crippen molar-refractivity contribution in [1.29, 1.82) is 0 Å². The summed E-state index contributed by atoms with van der Waals surface area (Å²) in [5.74, 6) is 0. The highest BCUT2D eigenvalue weighted by atomic mass is 79.9. The van der Waals surface area contributed by atoms with Crippen molar-refractivity contribution in [2.24, 2.45) is 0 Å². The maximum Gasteiger partial charge on any atom is 0.00722 e. The normalized spacial score (nSPS) is 10.0. The van der Waals surface area contributed by atoms with E-state index in [9.17, 15) is 0 Å². The molecule has 1 rings (SSSR count). The van der Waals surface area contributed by atoms with E-state index in [1.807, 2.05) is 0 Å². The third-order valence-corrected chi connectivity index (χ3v) is 2.63. The van der Waals surface area contributed by atoms with E-state index in [1.54, 1.807) is 11.3 Å². The van der Waals surface area contributed by atoms with Gasteiger partial charge in [0, 0.05) is 5.33 Å². The summed E-state index contributed by atoms with van der Waals surface area (Å²) >= 11 is 5.19. The summed E-state index contributed by atoms with van der Waals surface area (Å²) < 4.78 is 0. The van der Waals surface area contributed by atoms with Gasteiger partial charge in [0.05, 0.1) is 0 Å². The van der Waals surface area contributed by atoms with Crippen LogP contribution in [0.3, 0.4) is 0 Å². The van der Waals surface area contributed by atoms with Gasteiger partial charge in [-0.3, -0.25) is 0 Å². The standard InChI is InChI=1S/C7H9BrS/c1-6-4-9-5-7(6)2-3-8/h4-5H,2-3H2,1H3. The van der Waals surface area contributed by atoms with Gasteiger partial charge in [0.25, 0.3) is 0 Å². The molecule has 0 spiro atoms. The molecule has 2 heteroatoms. The Balaban J connectivity index is 2.69. The first-order valence-corrected chi connectivity index (χ1v) is 4.98. The van der Waals surface area contributed by atoms with Crippen LogP contribution < -0.4 is 0 Å². The van der Waals surface area contributed by atoms with Crippen LogP contribution in [0.2, 0.25) is 0 Å². The summed E-state index contributed by atoms with van der Waals surface area (Å²) in [6.07, 6.45) is 1.16. The van der Waals surface area contributed by atoms with E-state index in [1.165, 1.54) is 11.1 Å². The number of rotatable bonds is 2. The van der Waals surface area contributed by atoms with Gasteiger partial charge in [-0.05, 0) is 35.2 Å². The molecule has 9 heavy (non-hydrogen) atoms. The number of hydrogen-bond acceptors (Lipinski definition) is 1. The average Bonchev–Trinajstić information content (AvgIpc) is 2.18. The van der Waals surface area contributed by atoms with Gasteiger partial charge in [0.1, 0.15) is 0 Å². The monoisotopic (exact) mass is 204 g/mol. The van der Waals surface area contributed by atoms with Crippen molar-refractivity contribution < 1.29 is 0 Å². The van der Waals surface area contributed by atoms with Crippen LogP contribution >= 0.6 is 27.3 Å². The zero-order valence-electron chi connectivity index (χ0n) is 5.36. The zero-order valence-corrected chi connectivity index (χ0v) is 7.76. The third kappa shape index (κ3) is 1.80. The van der Waals surface area contributed by atoms with E-state index in [4.69, 9.17) is 0 Å². The SMILES string of the molecule is Cc1cscc1CCBr. The molecule has 0 N–H and O–H groups in total. The molecule has 0 aromatic carbocycles. The van der Waals surface area contributed by atoms with E-state index in [0.717, 1.165) is 11.8 Å². The number of thiophene rings is 1. The van der Waals surface area contributed by atoms with Crippen molar-refractivity contribution in [3.63, 3.8) is 0 Å². The Morgan fingerprint density at radius 3 is 2.78 bits per heavy atom. The van der Waals surface area contributed by atoms with Crippen molar-refractivity contribution >= 4 is 27.3 Å². The molecule has 0 unspecified atom stereocenters.